The molecule has 1 heterocycles. The van der Waals surface area contributed by atoms with Crippen molar-refractivity contribution in [2.24, 2.45) is 5.73 Å². The van der Waals surface area contributed by atoms with E-state index in [1.54, 1.807) is 11.3 Å². The van der Waals surface area contributed by atoms with Gasteiger partial charge in [0, 0.05) is 12.1 Å². The van der Waals surface area contributed by atoms with Gasteiger partial charge in [0.25, 0.3) is 0 Å². The van der Waals surface area contributed by atoms with Crippen LogP contribution in [0.5, 0.6) is 5.75 Å². The van der Waals surface area contributed by atoms with Crippen LogP contribution in [0.3, 0.4) is 0 Å². The maximum absolute atomic E-state index is 6.04. The van der Waals surface area contributed by atoms with Gasteiger partial charge < -0.3 is 10.5 Å². The second-order valence-corrected chi connectivity index (χ2v) is 5.56. The molecule has 114 valence electrons. The molecule has 0 saturated heterocycles. The largest absolute Gasteiger partial charge is 0.488 e. The Hall–Kier alpha value is -1.81. The van der Waals surface area contributed by atoms with E-state index in [0.29, 0.717) is 13.2 Å². The number of thiophene rings is 1. The lowest BCUT2D eigenvalue weighted by Gasteiger charge is -2.14. The summed E-state index contributed by atoms with van der Waals surface area (Å²) in [5, 5.41) is 4.20. The summed E-state index contributed by atoms with van der Waals surface area (Å²) in [6, 6.07) is 18.4. The van der Waals surface area contributed by atoms with Gasteiger partial charge in [-0.25, -0.2) is 0 Å². The molecular weight excluding hydrogens is 314 g/mol. The zero-order valence-corrected chi connectivity index (χ0v) is 13.7. The zero-order valence-electron chi connectivity index (χ0n) is 12.1. The van der Waals surface area contributed by atoms with E-state index in [1.807, 2.05) is 30.3 Å². The zero-order chi connectivity index (χ0) is 14.5. The molecular formula is C18H18ClNOS. The lowest BCUT2D eigenvalue weighted by Crippen LogP contribution is -2.02. The van der Waals surface area contributed by atoms with Gasteiger partial charge in [-0.1, -0.05) is 42.5 Å². The van der Waals surface area contributed by atoms with Gasteiger partial charge in [0.2, 0.25) is 0 Å². The van der Waals surface area contributed by atoms with Crippen LogP contribution in [0.25, 0.3) is 11.1 Å². The molecule has 3 aromatic rings. The Morgan fingerprint density at radius 3 is 2.45 bits per heavy atom. The summed E-state index contributed by atoms with van der Waals surface area (Å²) in [5.74, 6) is 0.889. The first kappa shape index (κ1) is 16.6. The van der Waals surface area contributed by atoms with Gasteiger partial charge in [-0.2, -0.15) is 11.3 Å². The summed E-state index contributed by atoms with van der Waals surface area (Å²) in [5.41, 5.74) is 10.4. The van der Waals surface area contributed by atoms with Crippen LogP contribution in [0.4, 0.5) is 0 Å². The summed E-state index contributed by atoms with van der Waals surface area (Å²) >= 11 is 1.68. The molecule has 0 radical (unpaired) electrons. The summed E-state index contributed by atoms with van der Waals surface area (Å²) in [7, 11) is 0. The molecule has 2 N–H and O–H groups in total. The first-order valence-electron chi connectivity index (χ1n) is 6.89. The summed E-state index contributed by atoms with van der Waals surface area (Å²) in [6.07, 6.45) is 0. The molecule has 22 heavy (non-hydrogen) atoms. The van der Waals surface area contributed by atoms with Crippen LogP contribution in [0.15, 0.2) is 65.4 Å². The van der Waals surface area contributed by atoms with Crippen LogP contribution < -0.4 is 10.5 Å². The predicted molar refractivity (Wildman–Crippen MR) is 95.7 cm³/mol. The van der Waals surface area contributed by atoms with E-state index in [0.717, 1.165) is 22.4 Å². The fourth-order valence-corrected chi connectivity index (χ4v) is 2.98. The van der Waals surface area contributed by atoms with E-state index in [2.05, 4.69) is 35.0 Å². The highest BCUT2D eigenvalue weighted by Crippen LogP contribution is 2.35. The molecule has 0 unspecified atom stereocenters. The minimum absolute atomic E-state index is 0. The number of nitrogens with two attached hydrogens (primary N) is 1. The number of rotatable bonds is 5. The van der Waals surface area contributed by atoms with E-state index < -0.39 is 0 Å². The number of benzene rings is 2. The van der Waals surface area contributed by atoms with E-state index in [1.165, 1.54) is 5.56 Å². The molecule has 0 aliphatic carbocycles. The molecule has 0 saturated carbocycles. The highest BCUT2D eigenvalue weighted by atomic mass is 35.5. The normalized spacial score (nSPS) is 10.0. The second kappa shape index (κ2) is 7.99. The lowest BCUT2D eigenvalue weighted by atomic mass is 10.0. The van der Waals surface area contributed by atoms with Crippen molar-refractivity contribution in [3.05, 3.63) is 76.5 Å². The third-order valence-electron chi connectivity index (χ3n) is 3.38. The van der Waals surface area contributed by atoms with E-state index in [4.69, 9.17) is 10.5 Å². The fourth-order valence-electron chi connectivity index (χ4n) is 2.34. The van der Waals surface area contributed by atoms with Crippen LogP contribution in [0, 0.1) is 0 Å². The molecule has 0 aliphatic heterocycles. The Kier molecular flexibility index (Phi) is 6.01. The first-order valence-corrected chi connectivity index (χ1v) is 7.84. The third-order valence-corrected chi connectivity index (χ3v) is 4.06. The van der Waals surface area contributed by atoms with Crippen LogP contribution >= 0.6 is 23.7 Å². The molecule has 4 heteroatoms. The number of halogens is 1. The molecule has 2 aromatic carbocycles. The lowest BCUT2D eigenvalue weighted by molar-refractivity contribution is 0.307. The van der Waals surface area contributed by atoms with Gasteiger partial charge in [0.05, 0.1) is 0 Å². The number of ether oxygens (including phenoxy) is 1. The monoisotopic (exact) mass is 331 g/mol. The van der Waals surface area contributed by atoms with E-state index >= 15 is 0 Å². The molecule has 0 spiro atoms. The van der Waals surface area contributed by atoms with Crippen molar-refractivity contribution >= 4 is 23.7 Å². The quantitative estimate of drug-likeness (QED) is 0.723. The van der Waals surface area contributed by atoms with Crippen LogP contribution in [0.2, 0.25) is 0 Å². The molecule has 0 aliphatic rings. The fraction of sp³-hybridized carbons (Fsp3) is 0.111. The van der Waals surface area contributed by atoms with Gasteiger partial charge in [0.1, 0.15) is 12.4 Å². The second-order valence-electron chi connectivity index (χ2n) is 4.78. The predicted octanol–water partition coefficient (Wildman–Crippen LogP) is 4.87. The molecule has 3 rings (SSSR count). The van der Waals surface area contributed by atoms with Gasteiger partial charge in [-0.15, -0.1) is 12.4 Å². The van der Waals surface area contributed by atoms with Crippen molar-refractivity contribution < 1.29 is 4.74 Å². The molecule has 0 bridgehead atoms. The summed E-state index contributed by atoms with van der Waals surface area (Å²) in [6.45, 7) is 1.07. The standard InChI is InChI=1S/C18H17NOS.ClH/c19-11-15-7-4-8-17(18(15)16-9-10-21-13-16)20-12-14-5-2-1-3-6-14;/h1-10,13H,11-12,19H2;1H. The smallest absolute Gasteiger partial charge is 0.127 e. The van der Waals surface area contributed by atoms with E-state index in [9.17, 15) is 0 Å². The Morgan fingerprint density at radius 2 is 1.77 bits per heavy atom. The molecule has 0 fully saturated rings. The topological polar surface area (TPSA) is 35.2 Å². The van der Waals surface area contributed by atoms with Gasteiger partial charge in [-0.05, 0) is 39.6 Å². The van der Waals surface area contributed by atoms with Crippen molar-refractivity contribution in [2.45, 2.75) is 13.2 Å². The van der Waals surface area contributed by atoms with E-state index in [-0.39, 0.29) is 12.4 Å². The minimum atomic E-state index is 0. The van der Waals surface area contributed by atoms with Crippen molar-refractivity contribution in [1.29, 1.82) is 0 Å². The number of hydrogen-bond acceptors (Lipinski definition) is 3. The maximum Gasteiger partial charge on any atom is 0.127 e. The Morgan fingerprint density at radius 1 is 0.955 bits per heavy atom. The summed E-state index contributed by atoms with van der Waals surface area (Å²) in [4.78, 5) is 0. The van der Waals surface area contributed by atoms with Crippen LogP contribution in [-0.4, -0.2) is 0 Å². The molecule has 0 atom stereocenters. The SMILES string of the molecule is Cl.NCc1cccc(OCc2ccccc2)c1-c1ccsc1. The number of hydrogen-bond donors (Lipinski definition) is 1. The van der Waals surface area contributed by atoms with Crippen molar-refractivity contribution in [2.75, 3.05) is 0 Å². The van der Waals surface area contributed by atoms with Crippen LogP contribution in [-0.2, 0) is 13.2 Å². The third kappa shape index (κ3) is 3.69. The van der Waals surface area contributed by atoms with Gasteiger partial charge in [0.15, 0.2) is 0 Å². The average molecular weight is 332 g/mol. The van der Waals surface area contributed by atoms with Crippen LogP contribution in [0.1, 0.15) is 11.1 Å². The van der Waals surface area contributed by atoms with Gasteiger partial charge in [-0.3, -0.25) is 0 Å². The molecule has 1 aromatic heterocycles. The maximum atomic E-state index is 6.04. The molecule has 0 amide bonds. The Labute approximate surface area is 141 Å². The Bertz CT molecular complexity index is 698. The van der Waals surface area contributed by atoms with Crippen molar-refractivity contribution in [1.82, 2.24) is 0 Å². The highest BCUT2D eigenvalue weighted by molar-refractivity contribution is 7.08. The highest BCUT2D eigenvalue weighted by Gasteiger charge is 2.11. The first-order chi connectivity index (χ1) is 10.4. The Balaban J connectivity index is 0.00000176. The van der Waals surface area contributed by atoms with Crippen molar-refractivity contribution in [3.63, 3.8) is 0 Å². The average Bonchev–Trinajstić information content (AvgIpc) is 3.07. The minimum Gasteiger partial charge on any atom is -0.488 e. The van der Waals surface area contributed by atoms with Crippen molar-refractivity contribution in [3.8, 4) is 16.9 Å². The summed E-state index contributed by atoms with van der Waals surface area (Å²) < 4.78 is 6.04. The van der Waals surface area contributed by atoms with Gasteiger partial charge >= 0.3 is 0 Å². The molecule has 2 nitrogen and oxygen atoms in total.